The minimum atomic E-state index is -0.826. The van der Waals surface area contributed by atoms with Crippen LogP contribution in [0, 0.1) is 17.6 Å². The van der Waals surface area contributed by atoms with Crippen molar-refractivity contribution in [3.63, 3.8) is 0 Å². The summed E-state index contributed by atoms with van der Waals surface area (Å²) in [6.45, 7) is 1.80. The van der Waals surface area contributed by atoms with E-state index in [9.17, 15) is 18.4 Å². The molecule has 0 bridgehead atoms. The van der Waals surface area contributed by atoms with Gasteiger partial charge in [-0.15, -0.1) is 0 Å². The van der Waals surface area contributed by atoms with Crippen molar-refractivity contribution >= 4 is 11.8 Å². The van der Waals surface area contributed by atoms with Gasteiger partial charge in [-0.25, -0.2) is 8.78 Å². The molecule has 2 heterocycles. The number of nitrogens with zero attached hydrogens (tertiary/aromatic N) is 1. The Morgan fingerprint density at radius 1 is 1.21 bits per heavy atom. The van der Waals surface area contributed by atoms with Crippen LogP contribution in [0.25, 0.3) is 0 Å². The summed E-state index contributed by atoms with van der Waals surface area (Å²) in [5.41, 5.74) is -0.136. The quantitative estimate of drug-likeness (QED) is 0.913. The largest absolute Gasteiger partial charge is 0.381 e. The molecule has 7 heteroatoms. The number of amides is 2. The van der Waals surface area contributed by atoms with Crippen LogP contribution in [0.3, 0.4) is 0 Å². The first-order valence-electron chi connectivity index (χ1n) is 8.16. The van der Waals surface area contributed by atoms with Crippen LogP contribution in [0.4, 0.5) is 8.78 Å². The van der Waals surface area contributed by atoms with Crippen LogP contribution in [-0.2, 0) is 9.53 Å². The number of hydrogen-bond acceptors (Lipinski definition) is 3. The molecule has 5 nitrogen and oxygen atoms in total. The van der Waals surface area contributed by atoms with Gasteiger partial charge < -0.3 is 15.0 Å². The summed E-state index contributed by atoms with van der Waals surface area (Å²) in [6, 6.07) is 2.74. The minimum absolute atomic E-state index is 0.136. The van der Waals surface area contributed by atoms with E-state index in [4.69, 9.17) is 4.74 Å². The molecule has 2 fully saturated rings. The Hall–Kier alpha value is -2.02. The van der Waals surface area contributed by atoms with Gasteiger partial charge in [0.05, 0.1) is 13.2 Å². The Morgan fingerprint density at radius 2 is 1.96 bits per heavy atom. The highest BCUT2D eigenvalue weighted by Crippen LogP contribution is 2.29. The number of benzene rings is 1. The molecule has 2 saturated heterocycles. The molecule has 24 heavy (non-hydrogen) atoms. The highest BCUT2D eigenvalue weighted by Gasteiger charge is 2.36. The van der Waals surface area contributed by atoms with Crippen molar-refractivity contribution in [2.75, 3.05) is 26.3 Å². The molecular formula is C17H20F2N2O3. The first-order chi connectivity index (χ1) is 11.5. The number of halogens is 2. The summed E-state index contributed by atoms with van der Waals surface area (Å²) in [6.07, 6.45) is 2.77. The number of rotatable bonds is 3. The molecule has 2 amide bonds. The smallest absolute Gasteiger partial charge is 0.251 e. The lowest BCUT2D eigenvalue weighted by Crippen LogP contribution is -2.54. The van der Waals surface area contributed by atoms with Crippen LogP contribution < -0.4 is 5.32 Å². The molecule has 1 aromatic rings. The minimum Gasteiger partial charge on any atom is -0.381 e. The average Bonchev–Trinajstić information content (AvgIpc) is 2.58. The maximum Gasteiger partial charge on any atom is 0.251 e. The molecule has 0 radical (unpaired) electrons. The van der Waals surface area contributed by atoms with Gasteiger partial charge in [-0.05, 0) is 31.4 Å². The van der Waals surface area contributed by atoms with Crippen LogP contribution in [0.2, 0.25) is 0 Å². The van der Waals surface area contributed by atoms with Crippen molar-refractivity contribution in [3.05, 3.63) is 35.4 Å². The number of likely N-dealkylation sites (tertiary alicyclic amines) is 1. The standard InChI is InChI=1S/C17H20F2N2O3/c18-13-6-12(7-14(19)8-13)17(23)20-9-16(22)21-4-1-2-11-10-24-5-3-15(11)21/h6-8,11,15H,1-5,9-10H2,(H,20,23)/t11-,15+/m0/s1. The first-order valence-corrected chi connectivity index (χ1v) is 8.16. The molecular weight excluding hydrogens is 318 g/mol. The third-order valence-corrected chi connectivity index (χ3v) is 4.65. The van der Waals surface area contributed by atoms with Crippen molar-refractivity contribution in [3.8, 4) is 0 Å². The fourth-order valence-corrected chi connectivity index (χ4v) is 3.52. The maximum absolute atomic E-state index is 13.2. The van der Waals surface area contributed by atoms with Crippen LogP contribution in [0.5, 0.6) is 0 Å². The lowest BCUT2D eigenvalue weighted by Gasteiger charge is -2.43. The van der Waals surface area contributed by atoms with Crippen LogP contribution in [0.1, 0.15) is 29.6 Å². The van der Waals surface area contributed by atoms with Gasteiger partial charge >= 0.3 is 0 Å². The summed E-state index contributed by atoms with van der Waals surface area (Å²) < 4.78 is 31.8. The van der Waals surface area contributed by atoms with Gasteiger partial charge in [0.25, 0.3) is 5.91 Å². The van der Waals surface area contributed by atoms with E-state index in [0.29, 0.717) is 31.7 Å². The van der Waals surface area contributed by atoms with Crippen molar-refractivity contribution in [2.45, 2.75) is 25.3 Å². The van der Waals surface area contributed by atoms with Crippen molar-refractivity contribution in [1.82, 2.24) is 10.2 Å². The lowest BCUT2D eigenvalue weighted by molar-refractivity contribution is -0.139. The molecule has 0 unspecified atom stereocenters. The first kappa shape index (κ1) is 16.8. The summed E-state index contributed by atoms with van der Waals surface area (Å²) >= 11 is 0. The molecule has 2 aliphatic heterocycles. The lowest BCUT2D eigenvalue weighted by atomic mass is 9.86. The zero-order valence-electron chi connectivity index (χ0n) is 13.3. The third-order valence-electron chi connectivity index (χ3n) is 4.65. The number of fused-ring (bicyclic) bond motifs is 1. The Labute approximate surface area is 139 Å². The normalized spacial score (nSPS) is 23.5. The van der Waals surface area contributed by atoms with Gasteiger partial charge in [0.1, 0.15) is 11.6 Å². The Balaban J connectivity index is 1.59. The van der Waals surface area contributed by atoms with Gasteiger partial charge in [0.15, 0.2) is 0 Å². The number of carbonyl (C=O) groups excluding carboxylic acids is 2. The SMILES string of the molecule is O=C(NCC(=O)N1CCC[C@H]2COCC[C@H]21)c1cc(F)cc(F)c1. The number of hydrogen-bond donors (Lipinski definition) is 1. The predicted molar refractivity (Wildman–Crippen MR) is 82.4 cm³/mol. The van der Waals surface area contributed by atoms with E-state index in [1.165, 1.54) is 0 Å². The zero-order chi connectivity index (χ0) is 17.1. The highest BCUT2D eigenvalue weighted by molar-refractivity contribution is 5.96. The van der Waals surface area contributed by atoms with Crippen molar-refractivity contribution in [2.24, 2.45) is 5.92 Å². The zero-order valence-corrected chi connectivity index (χ0v) is 13.3. The second-order valence-electron chi connectivity index (χ2n) is 6.26. The van der Waals surface area contributed by atoms with Crippen molar-refractivity contribution in [1.29, 1.82) is 0 Å². The monoisotopic (exact) mass is 338 g/mol. The average molecular weight is 338 g/mol. The van der Waals surface area contributed by atoms with E-state index in [1.807, 2.05) is 4.90 Å². The van der Waals surface area contributed by atoms with E-state index < -0.39 is 17.5 Å². The second-order valence-corrected chi connectivity index (χ2v) is 6.26. The fraction of sp³-hybridized carbons (Fsp3) is 0.529. The van der Waals surface area contributed by atoms with E-state index in [0.717, 1.165) is 31.4 Å². The summed E-state index contributed by atoms with van der Waals surface area (Å²) in [4.78, 5) is 26.2. The Bertz CT molecular complexity index is 616. The van der Waals surface area contributed by atoms with Gasteiger partial charge in [-0.2, -0.15) is 0 Å². The molecule has 0 aliphatic carbocycles. The predicted octanol–water partition coefficient (Wildman–Crippen LogP) is 1.72. The number of piperidine rings is 1. The van der Waals surface area contributed by atoms with E-state index in [-0.39, 0.29) is 24.1 Å². The third kappa shape index (κ3) is 3.72. The van der Waals surface area contributed by atoms with Crippen LogP contribution >= 0.6 is 0 Å². The molecule has 2 atom stereocenters. The molecule has 130 valence electrons. The van der Waals surface area contributed by atoms with Gasteiger partial charge in [0, 0.05) is 36.7 Å². The fourth-order valence-electron chi connectivity index (χ4n) is 3.52. The van der Waals surface area contributed by atoms with Gasteiger partial charge in [0.2, 0.25) is 5.91 Å². The Morgan fingerprint density at radius 3 is 2.71 bits per heavy atom. The van der Waals surface area contributed by atoms with E-state index >= 15 is 0 Å². The molecule has 1 N–H and O–H groups in total. The number of nitrogens with one attached hydrogen (secondary N) is 1. The second kappa shape index (κ2) is 7.25. The number of carbonyl (C=O) groups is 2. The van der Waals surface area contributed by atoms with Crippen LogP contribution in [0.15, 0.2) is 18.2 Å². The van der Waals surface area contributed by atoms with E-state index in [1.54, 1.807) is 0 Å². The maximum atomic E-state index is 13.2. The molecule has 0 spiro atoms. The van der Waals surface area contributed by atoms with Crippen molar-refractivity contribution < 1.29 is 23.1 Å². The number of ether oxygens (including phenoxy) is 1. The molecule has 0 saturated carbocycles. The topological polar surface area (TPSA) is 58.6 Å². The molecule has 2 aliphatic rings. The summed E-state index contributed by atoms with van der Waals surface area (Å²) in [7, 11) is 0. The molecule has 0 aromatic heterocycles. The van der Waals surface area contributed by atoms with Gasteiger partial charge in [-0.1, -0.05) is 0 Å². The van der Waals surface area contributed by atoms with Crippen LogP contribution in [-0.4, -0.2) is 49.1 Å². The molecule has 3 rings (SSSR count). The summed E-state index contributed by atoms with van der Waals surface area (Å²) in [5.74, 6) is -2.14. The molecule has 1 aromatic carbocycles. The van der Waals surface area contributed by atoms with E-state index in [2.05, 4.69) is 5.32 Å². The highest BCUT2D eigenvalue weighted by atomic mass is 19.1. The summed E-state index contributed by atoms with van der Waals surface area (Å²) in [5, 5.41) is 2.45. The Kier molecular flexibility index (Phi) is 5.08. The van der Waals surface area contributed by atoms with Gasteiger partial charge in [-0.3, -0.25) is 9.59 Å².